The van der Waals surface area contributed by atoms with E-state index in [1.54, 1.807) is 17.0 Å². The highest BCUT2D eigenvalue weighted by Gasteiger charge is 2.32. The Morgan fingerprint density at radius 2 is 2.11 bits per heavy atom. The maximum absolute atomic E-state index is 12.4. The number of piperidine rings is 1. The molecule has 19 heavy (non-hydrogen) atoms. The molecular formula is C14H16ClN3O. The van der Waals surface area contributed by atoms with E-state index in [9.17, 15) is 4.79 Å². The molecule has 1 aliphatic heterocycles. The number of pyridine rings is 1. The van der Waals surface area contributed by atoms with Crippen LogP contribution in [-0.4, -0.2) is 28.9 Å². The van der Waals surface area contributed by atoms with Crippen LogP contribution in [0.1, 0.15) is 35.8 Å². The quantitative estimate of drug-likeness (QED) is 0.742. The minimum Gasteiger partial charge on any atom is -0.339 e. The number of carbonyl (C=O) groups is 1. The molecule has 1 aromatic rings. The minimum atomic E-state index is -0.303. The predicted octanol–water partition coefficient (Wildman–Crippen LogP) is 2.81. The average molecular weight is 278 g/mol. The number of carbonyl (C=O) groups excluding carboxylic acids is 1. The third kappa shape index (κ3) is 3.05. The Hall–Kier alpha value is -1.60. The van der Waals surface area contributed by atoms with Gasteiger partial charge in [-0.3, -0.25) is 4.79 Å². The molecule has 1 amide bonds. The van der Waals surface area contributed by atoms with E-state index in [0.717, 1.165) is 5.69 Å². The highest BCUT2D eigenvalue weighted by Crippen LogP contribution is 2.30. The summed E-state index contributed by atoms with van der Waals surface area (Å²) in [5, 5.41) is 9.42. The first-order valence-corrected chi connectivity index (χ1v) is 6.66. The lowest BCUT2D eigenvalue weighted by Crippen LogP contribution is -2.41. The molecule has 1 saturated heterocycles. The summed E-state index contributed by atoms with van der Waals surface area (Å²) in [5.41, 5.74) is 0.996. The molecule has 0 aliphatic carbocycles. The van der Waals surface area contributed by atoms with Crippen LogP contribution in [0.2, 0.25) is 5.15 Å². The summed E-state index contributed by atoms with van der Waals surface area (Å²) in [6, 6.07) is 5.66. The van der Waals surface area contributed by atoms with Crippen molar-refractivity contribution in [1.29, 1.82) is 5.26 Å². The van der Waals surface area contributed by atoms with E-state index in [1.807, 2.05) is 13.8 Å². The maximum Gasteiger partial charge on any atom is 0.254 e. The second-order valence-electron chi connectivity index (χ2n) is 5.28. The smallest absolute Gasteiger partial charge is 0.254 e. The van der Waals surface area contributed by atoms with Crippen LogP contribution in [0.4, 0.5) is 0 Å². The van der Waals surface area contributed by atoms with Crippen molar-refractivity contribution in [3.63, 3.8) is 0 Å². The maximum atomic E-state index is 12.4. The number of hydrogen-bond donors (Lipinski definition) is 0. The van der Waals surface area contributed by atoms with Crippen molar-refractivity contribution in [3.05, 3.63) is 28.5 Å². The Balaban J connectivity index is 2.12. The van der Waals surface area contributed by atoms with E-state index >= 15 is 0 Å². The number of likely N-dealkylation sites (tertiary alicyclic amines) is 1. The number of amides is 1. The van der Waals surface area contributed by atoms with E-state index in [-0.39, 0.29) is 11.3 Å². The fourth-order valence-electron chi connectivity index (χ4n) is 2.25. The van der Waals surface area contributed by atoms with Crippen molar-refractivity contribution >= 4 is 17.5 Å². The third-order valence-corrected chi connectivity index (χ3v) is 3.79. The summed E-state index contributed by atoms with van der Waals surface area (Å²) >= 11 is 5.88. The molecule has 5 heteroatoms. The van der Waals surface area contributed by atoms with Gasteiger partial charge in [-0.2, -0.15) is 5.26 Å². The number of rotatable bonds is 1. The molecule has 1 aromatic heterocycles. The fourth-order valence-corrected chi connectivity index (χ4v) is 2.50. The SMILES string of the molecule is Cc1cc(C(=O)N2CCC(C)(C#N)CC2)cc(Cl)n1. The summed E-state index contributed by atoms with van der Waals surface area (Å²) in [6.45, 7) is 4.98. The molecule has 0 N–H and O–H groups in total. The molecule has 0 radical (unpaired) electrons. The Kier molecular flexibility index (Phi) is 3.77. The van der Waals surface area contributed by atoms with Crippen LogP contribution in [0.3, 0.4) is 0 Å². The first-order valence-electron chi connectivity index (χ1n) is 6.28. The number of hydrogen-bond acceptors (Lipinski definition) is 3. The molecular weight excluding hydrogens is 262 g/mol. The largest absolute Gasteiger partial charge is 0.339 e. The zero-order chi connectivity index (χ0) is 14.0. The summed E-state index contributed by atoms with van der Waals surface area (Å²) in [5.74, 6) is -0.0348. The summed E-state index contributed by atoms with van der Waals surface area (Å²) in [6.07, 6.45) is 1.43. The van der Waals surface area contributed by atoms with Gasteiger partial charge in [-0.05, 0) is 38.8 Å². The normalized spacial score (nSPS) is 17.9. The Morgan fingerprint density at radius 1 is 1.47 bits per heavy atom. The van der Waals surface area contributed by atoms with Crippen LogP contribution < -0.4 is 0 Å². The Labute approximate surface area is 118 Å². The zero-order valence-corrected chi connectivity index (χ0v) is 11.9. The number of nitriles is 1. The van der Waals surface area contributed by atoms with Crippen molar-refractivity contribution in [2.45, 2.75) is 26.7 Å². The molecule has 1 fully saturated rings. The van der Waals surface area contributed by atoms with Gasteiger partial charge in [0.2, 0.25) is 0 Å². The summed E-state index contributed by atoms with van der Waals surface area (Å²) in [7, 11) is 0. The second kappa shape index (κ2) is 5.18. The molecule has 0 saturated carbocycles. The standard InChI is InChI=1S/C14H16ClN3O/c1-10-7-11(8-12(15)17-10)13(19)18-5-3-14(2,9-16)4-6-18/h7-8H,3-6H2,1-2H3. The van der Waals surface area contributed by atoms with E-state index in [2.05, 4.69) is 11.1 Å². The highest BCUT2D eigenvalue weighted by atomic mass is 35.5. The minimum absolute atomic E-state index is 0.0348. The van der Waals surface area contributed by atoms with Gasteiger partial charge in [0.05, 0.1) is 11.5 Å². The number of nitrogens with zero attached hydrogens (tertiary/aromatic N) is 3. The molecule has 0 atom stereocenters. The molecule has 0 aromatic carbocycles. The molecule has 1 aliphatic rings. The van der Waals surface area contributed by atoms with Crippen LogP contribution in [0.5, 0.6) is 0 Å². The molecule has 0 spiro atoms. The van der Waals surface area contributed by atoms with Crippen LogP contribution in [0.25, 0.3) is 0 Å². The Bertz CT molecular complexity index is 522. The van der Waals surface area contributed by atoms with Gasteiger partial charge in [-0.15, -0.1) is 0 Å². The van der Waals surface area contributed by atoms with Gasteiger partial charge in [-0.1, -0.05) is 11.6 Å². The van der Waals surface area contributed by atoms with E-state index in [4.69, 9.17) is 16.9 Å². The van der Waals surface area contributed by atoms with Gasteiger partial charge < -0.3 is 4.90 Å². The molecule has 0 unspecified atom stereocenters. The van der Waals surface area contributed by atoms with Crippen molar-refractivity contribution in [2.75, 3.05) is 13.1 Å². The fraction of sp³-hybridized carbons (Fsp3) is 0.500. The van der Waals surface area contributed by atoms with Crippen molar-refractivity contribution in [1.82, 2.24) is 9.88 Å². The van der Waals surface area contributed by atoms with Crippen LogP contribution in [0, 0.1) is 23.7 Å². The van der Waals surface area contributed by atoms with Crippen molar-refractivity contribution < 1.29 is 4.79 Å². The highest BCUT2D eigenvalue weighted by molar-refractivity contribution is 6.29. The van der Waals surface area contributed by atoms with E-state index in [0.29, 0.717) is 36.6 Å². The van der Waals surface area contributed by atoms with Gasteiger partial charge in [-0.25, -0.2) is 4.98 Å². The molecule has 4 nitrogen and oxygen atoms in total. The second-order valence-corrected chi connectivity index (χ2v) is 5.67. The van der Waals surface area contributed by atoms with Gasteiger partial charge >= 0.3 is 0 Å². The topological polar surface area (TPSA) is 57.0 Å². The van der Waals surface area contributed by atoms with Crippen molar-refractivity contribution in [3.8, 4) is 6.07 Å². The first kappa shape index (κ1) is 13.8. The zero-order valence-electron chi connectivity index (χ0n) is 11.1. The third-order valence-electron chi connectivity index (χ3n) is 3.59. The molecule has 100 valence electrons. The molecule has 2 rings (SSSR count). The average Bonchev–Trinajstić information content (AvgIpc) is 2.38. The lowest BCUT2D eigenvalue weighted by molar-refractivity contribution is 0.0661. The summed E-state index contributed by atoms with van der Waals surface area (Å²) < 4.78 is 0. The van der Waals surface area contributed by atoms with Gasteiger partial charge in [0.1, 0.15) is 5.15 Å². The number of aryl methyl sites for hydroxylation is 1. The van der Waals surface area contributed by atoms with Crippen molar-refractivity contribution in [2.24, 2.45) is 5.41 Å². The summed E-state index contributed by atoms with van der Waals surface area (Å²) in [4.78, 5) is 18.2. The lowest BCUT2D eigenvalue weighted by atomic mass is 9.82. The predicted molar refractivity (Wildman–Crippen MR) is 72.8 cm³/mol. The van der Waals surface area contributed by atoms with Crippen LogP contribution >= 0.6 is 11.6 Å². The number of halogens is 1. The van der Waals surface area contributed by atoms with Crippen LogP contribution in [0.15, 0.2) is 12.1 Å². The van der Waals surface area contributed by atoms with Gasteiger partial charge in [0.15, 0.2) is 0 Å². The Morgan fingerprint density at radius 3 is 2.63 bits per heavy atom. The lowest BCUT2D eigenvalue weighted by Gasteiger charge is -2.35. The van der Waals surface area contributed by atoms with Gasteiger partial charge in [0.25, 0.3) is 5.91 Å². The van der Waals surface area contributed by atoms with E-state index < -0.39 is 0 Å². The van der Waals surface area contributed by atoms with Gasteiger partial charge in [0, 0.05) is 24.3 Å². The number of aromatic nitrogens is 1. The monoisotopic (exact) mass is 277 g/mol. The first-order chi connectivity index (χ1) is 8.93. The molecule has 0 bridgehead atoms. The van der Waals surface area contributed by atoms with E-state index in [1.165, 1.54) is 0 Å². The molecule has 2 heterocycles. The van der Waals surface area contributed by atoms with Crippen LogP contribution in [-0.2, 0) is 0 Å².